The summed E-state index contributed by atoms with van der Waals surface area (Å²) in [4.78, 5) is 12.5. The van der Waals surface area contributed by atoms with E-state index in [1.807, 2.05) is 24.3 Å². The van der Waals surface area contributed by atoms with Gasteiger partial charge in [0.25, 0.3) is 0 Å². The molecule has 1 aliphatic carbocycles. The monoisotopic (exact) mass is 420 g/mol. The largest absolute Gasteiger partial charge is 0.423 e. The van der Waals surface area contributed by atoms with Crippen LogP contribution in [0.25, 0.3) is 0 Å². The second-order valence-corrected chi connectivity index (χ2v) is 9.58. The highest BCUT2D eigenvalue weighted by atomic mass is 16.5. The van der Waals surface area contributed by atoms with Crippen LogP contribution in [0.15, 0.2) is 48.5 Å². The van der Waals surface area contributed by atoms with Crippen molar-refractivity contribution < 1.29 is 9.53 Å². The maximum Gasteiger partial charge on any atom is 0.343 e. The molecule has 1 aliphatic rings. The molecule has 2 aromatic carbocycles. The Morgan fingerprint density at radius 1 is 0.935 bits per heavy atom. The van der Waals surface area contributed by atoms with Gasteiger partial charge in [-0.3, -0.25) is 0 Å². The average molecular weight is 421 g/mol. The quantitative estimate of drug-likeness (QED) is 0.219. The molecule has 0 aliphatic heterocycles. The van der Waals surface area contributed by atoms with Crippen LogP contribution < -0.4 is 4.74 Å². The first kappa shape index (κ1) is 23.6. The van der Waals surface area contributed by atoms with Crippen LogP contribution in [0, 0.1) is 11.8 Å². The Balaban J connectivity index is 1.49. The third kappa shape index (κ3) is 7.23. The van der Waals surface area contributed by atoms with Gasteiger partial charge in [-0.2, -0.15) is 0 Å². The third-order valence-electron chi connectivity index (χ3n) is 7.10. The SMILES string of the molecule is CCCCCc1ccc(OC(=O)c2ccc(C3CCC(CC(C)CC)CC3)cc2)cc1. The Labute approximate surface area is 189 Å². The zero-order chi connectivity index (χ0) is 22.1. The molecule has 31 heavy (non-hydrogen) atoms. The van der Waals surface area contributed by atoms with E-state index in [1.165, 1.54) is 68.9 Å². The topological polar surface area (TPSA) is 26.3 Å². The van der Waals surface area contributed by atoms with Gasteiger partial charge in [0.15, 0.2) is 0 Å². The zero-order valence-corrected chi connectivity index (χ0v) is 19.7. The molecule has 2 aromatic rings. The first-order valence-electron chi connectivity index (χ1n) is 12.5. The summed E-state index contributed by atoms with van der Waals surface area (Å²) in [5.41, 5.74) is 3.30. The Morgan fingerprint density at radius 3 is 2.23 bits per heavy atom. The summed E-state index contributed by atoms with van der Waals surface area (Å²) in [5, 5.41) is 0. The van der Waals surface area contributed by atoms with Gasteiger partial charge >= 0.3 is 5.97 Å². The van der Waals surface area contributed by atoms with E-state index in [-0.39, 0.29) is 5.97 Å². The Bertz CT molecular complexity index is 782. The van der Waals surface area contributed by atoms with Crippen molar-refractivity contribution in [2.45, 2.75) is 90.9 Å². The molecule has 0 spiro atoms. The van der Waals surface area contributed by atoms with Crippen LogP contribution in [0.1, 0.15) is 106 Å². The third-order valence-corrected chi connectivity index (χ3v) is 7.10. The van der Waals surface area contributed by atoms with E-state index in [2.05, 4.69) is 45.0 Å². The molecule has 2 nitrogen and oxygen atoms in total. The molecule has 3 rings (SSSR count). The van der Waals surface area contributed by atoms with Crippen molar-refractivity contribution in [1.82, 2.24) is 0 Å². The first-order valence-corrected chi connectivity index (χ1v) is 12.5. The van der Waals surface area contributed by atoms with Crippen molar-refractivity contribution >= 4 is 5.97 Å². The van der Waals surface area contributed by atoms with Crippen LogP contribution in [0.5, 0.6) is 5.75 Å². The Morgan fingerprint density at radius 2 is 1.61 bits per heavy atom. The summed E-state index contributed by atoms with van der Waals surface area (Å²) in [6, 6.07) is 16.1. The van der Waals surface area contributed by atoms with E-state index in [9.17, 15) is 4.79 Å². The van der Waals surface area contributed by atoms with Gasteiger partial charge in [0.2, 0.25) is 0 Å². The number of esters is 1. The van der Waals surface area contributed by atoms with Crippen LogP contribution in [0.3, 0.4) is 0 Å². The number of aryl methyl sites for hydroxylation is 1. The highest BCUT2D eigenvalue weighted by Gasteiger charge is 2.23. The molecule has 0 radical (unpaired) electrons. The Hall–Kier alpha value is -2.09. The summed E-state index contributed by atoms with van der Waals surface area (Å²) in [6.45, 7) is 6.90. The van der Waals surface area contributed by atoms with Gasteiger partial charge in [0, 0.05) is 0 Å². The minimum absolute atomic E-state index is 0.275. The second kappa shape index (κ2) is 12.1. The maximum absolute atomic E-state index is 12.5. The highest BCUT2D eigenvalue weighted by molar-refractivity contribution is 5.91. The van der Waals surface area contributed by atoms with Crippen molar-refractivity contribution in [3.8, 4) is 5.75 Å². The lowest BCUT2D eigenvalue weighted by atomic mass is 9.75. The molecule has 0 amide bonds. The van der Waals surface area contributed by atoms with Gasteiger partial charge in [-0.15, -0.1) is 0 Å². The van der Waals surface area contributed by atoms with Crippen molar-refractivity contribution in [3.63, 3.8) is 0 Å². The smallest absolute Gasteiger partial charge is 0.343 e. The molecular weight excluding hydrogens is 380 g/mol. The molecule has 2 heteroatoms. The number of hydrogen-bond donors (Lipinski definition) is 0. The summed E-state index contributed by atoms with van der Waals surface area (Å²) >= 11 is 0. The second-order valence-electron chi connectivity index (χ2n) is 9.58. The fourth-order valence-corrected chi connectivity index (χ4v) is 4.83. The van der Waals surface area contributed by atoms with Crippen molar-refractivity contribution in [3.05, 3.63) is 65.2 Å². The average Bonchev–Trinajstić information content (AvgIpc) is 2.81. The number of benzene rings is 2. The number of hydrogen-bond acceptors (Lipinski definition) is 2. The van der Waals surface area contributed by atoms with E-state index in [0.717, 1.165) is 18.3 Å². The van der Waals surface area contributed by atoms with Crippen LogP contribution in [-0.4, -0.2) is 5.97 Å². The molecule has 0 N–H and O–H groups in total. The van der Waals surface area contributed by atoms with Gasteiger partial charge in [-0.25, -0.2) is 4.79 Å². The fraction of sp³-hybridized carbons (Fsp3) is 0.552. The lowest BCUT2D eigenvalue weighted by molar-refractivity contribution is 0.0734. The predicted octanol–water partition coefficient (Wildman–Crippen LogP) is 8.35. The molecule has 168 valence electrons. The molecular formula is C29H40O2. The van der Waals surface area contributed by atoms with Gasteiger partial charge in [-0.05, 0) is 98.1 Å². The lowest BCUT2D eigenvalue weighted by Gasteiger charge is -2.30. The Kier molecular flexibility index (Phi) is 9.18. The molecule has 1 fully saturated rings. The normalized spacial score (nSPS) is 19.7. The highest BCUT2D eigenvalue weighted by Crippen LogP contribution is 2.38. The molecule has 0 heterocycles. The fourth-order valence-electron chi connectivity index (χ4n) is 4.83. The number of carbonyl (C=O) groups excluding carboxylic acids is 1. The molecule has 1 unspecified atom stereocenters. The molecule has 1 atom stereocenters. The summed E-state index contributed by atoms with van der Waals surface area (Å²) < 4.78 is 5.59. The van der Waals surface area contributed by atoms with Crippen molar-refractivity contribution in [1.29, 1.82) is 0 Å². The maximum atomic E-state index is 12.5. The van der Waals surface area contributed by atoms with Gasteiger partial charge in [0.1, 0.15) is 5.75 Å². The molecule has 0 saturated heterocycles. The van der Waals surface area contributed by atoms with E-state index in [1.54, 1.807) is 0 Å². The predicted molar refractivity (Wildman–Crippen MR) is 130 cm³/mol. The molecule has 0 bridgehead atoms. The number of carbonyl (C=O) groups is 1. The minimum Gasteiger partial charge on any atom is -0.423 e. The van der Waals surface area contributed by atoms with Crippen molar-refractivity contribution in [2.75, 3.05) is 0 Å². The number of ether oxygens (including phenoxy) is 1. The van der Waals surface area contributed by atoms with E-state index in [4.69, 9.17) is 4.74 Å². The van der Waals surface area contributed by atoms with E-state index >= 15 is 0 Å². The number of unbranched alkanes of at least 4 members (excludes halogenated alkanes) is 2. The van der Waals surface area contributed by atoms with Gasteiger partial charge in [-0.1, -0.05) is 64.3 Å². The van der Waals surface area contributed by atoms with Crippen molar-refractivity contribution in [2.24, 2.45) is 11.8 Å². The van der Waals surface area contributed by atoms with E-state index < -0.39 is 0 Å². The van der Waals surface area contributed by atoms with Gasteiger partial charge < -0.3 is 4.74 Å². The summed E-state index contributed by atoms with van der Waals surface area (Å²) in [7, 11) is 0. The van der Waals surface area contributed by atoms with Crippen LogP contribution in [0.4, 0.5) is 0 Å². The lowest BCUT2D eigenvalue weighted by Crippen LogP contribution is -2.16. The zero-order valence-electron chi connectivity index (χ0n) is 19.7. The van der Waals surface area contributed by atoms with Crippen LogP contribution >= 0.6 is 0 Å². The summed E-state index contributed by atoms with van der Waals surface area (Å²) in [6.07, 6.45) is 12.7. The molecule has 0 aromatic heterocycles. The molecule has 1 saturated carbocycles. The van der Waals surface area contributed by atoms with Crippen LogP contribution in [-0.2, 0) is 6.42 Å². The van der Waals surface area contributed by atoms with Gasteiger partial charge in [0.05, 0.1) is 5.56 Å². The van der Waals surface area contributed by atoms with E-state index in [0.29, 0.717) is 17.2 Å². The number of rotatable bonds is 10. The standard InChI is InChI=1S/C29H40O2/c1-4-6-7-8-23-11-19-28(20-12-23)31-29(30)27-17-15-26(16-18-27)25-13-9-24(10-14-25)21-22(3)5-2/h11-12,15-20,22,24-25H,4-10,13-14,21H2,1-3H3. The van der Waals surface area contributed by atoms with Crippen LogP contribution in [0.2, 0.25) is 0 Å². The summed E-state index contributed by atoms with van der Waals surface area (Å²) in [5.74, 6) is 2.73. The minimum atomic E-state index is -0.275. The first-order chi connectivity index (χ1) is 15.1.